The summed E-state index contributed by atoms with van der Waals surface area (Å²) >= 11 is 0. The van der Waals surface area contributed by atoms with Crippen molar-refractivity contribution in [3.8, 4) is 0 Å². The van der Waals surface area contributed by atoms with Gasteiger partial charge in [0.25, 0.3) is 0 Å². The molecule has 0 aliphatic heterocycles. The van der Waals surface area contributed by atoms with Gasteiger partial charge in [-0.05, 0) is 6.42 Å². The van der Waals surface area contributed by atoms with Gasteiger partial charge >= 0.3 is 0 Å². The smallest absolute Gasteiger partial charge is 0.177 e. The summed E-state index contributed by atoms with van der Waals surface area (Å²) in [4.78, 5) is 11.2. The van der Waals surface area contributed by atoms with Crippen LogP contribution < -0.4 is 5.73 Å². The van der Waals surface area contributed by atoms with E-state index < -0.39 is 0 Å². The largest absolute Gasteiger partial charge is 0.396 e. The lowest BCUT2D eigenvalue weighted by Gasteiger charge is -2.02. The number of ketones is 1. The van der Waals surface area contributed by atoms with Crippen LogP contribution >= 0.6 is 0 Å². The molecule has 0 radical (unpaired) electrons. The van der Waals surface area contributed by atoms with E-state index in [1.54, 1.807) is 0 Å². The van der Waals surface area contributed by atoms with Gasteiger partial charge in [0, 0.05) is 6.42 Å². The molecule has 0 aromatic heterocycles. The summed E-state index contributed by atoms with van der Waals surface area (Å²) in [6.45, 7) is 5.71. The molecule has 0 bridgehead atoms. The maximum Gasteiger partial charge on any atom is 0.177 e. The summed E-state index contributed by atoms with van der Waals surface area (Å²) in [5.41, 5.74) is 5.53. The van der Waals surface area contributed by atoms with Crippen LogP contribution in [-0.4, -0.2) is 5.78 Å². The summed E-state index contributed by atoms with van der Waals surface area (Å²) in [5.74, 6) is 0.0194. The normalized spacial score (nSPS) is 10.5. The predicted molar refractivity (Wildman–Crippen MR) is 79.4 cm³/mol. The second-order valence-corrected chi connectivity index (χ2v) is 5.23. The Morgan fingerprint density at radius 2 is 1.22 bits per heavy atom. The molecule has 0 amide bonds. The fourth-order valence-electron chi connectivity index (χ4n) is 2.11. The molecule has 0 aliphatic carbocycles. The maximum atomic E-state index is 11.2. The second kappa shape index (κ2) is 12.7. The molecule has 0 aromatic rings. The molecule has 0 saturated carbocycles. The Morgan fingerprint density at radius 3 is 1.61 bits per heavy atom. The standard InChI is InChI=1S/C16H31NO/c1-3-4-5-6-7-8-9-10-11-12-13-14-16(18)15(2)17/h2-14,17H2,1H3. The van der Waals surface area contributed by atoms with Gasteiger partial charge in [-0.25, -0.2) is 0 Å². The number of hydrogen-bond donors (Lipinski definition) is 1. The van der Waals surface area contributed by atoms with Crippen molar-refractivity contribution in [1.82, 2.24) is 0 Å². The summed E-state index contributed by atoms with van der Waals surface area (Å²) in [7, 11) is 0. The molecular formula is C16H31NO. The number of carbonyl (C=O) groups is 1. The van der Waals surface area contributed by atoms with Gasteiger partial charge in [-0.15, -0.1) is 0 Å². The number of rotatable bonds is 13. The SMILES string of the molecule is C=C(N)C(=O)CCCCCCCCCCCCC. The number of Topliss-reactive ketones (excluding diaryl/α,β-unsaturated/α-hetero) is 1. The van der Waals surface area contributed by atoms with Gasteiger partial charge in [0.1, 0.15) is 0 Å². The van der Waals surface area contributed by atoms with Gasteiger partial charge in [-0.2, -0.15) is 0 Å². The molecule has 2 nitrogen and oxygen atoms in total. The van der Waals surface area contributed by atoms with Crippen molar-refractivity contribution in [2.75, 3.05) is 0 Å². The summed E-state index contributed by atoms with van der Waals surface area (Å²) < 4.78 is 0. The first-order valence-corrected chi connectivity index (χ1v) is 7.66. The van der Waals surface area contributed by atoms with Crippen molar-refractivity contribution in [2.45, 2.75) is 84.0 Å². The highest BCUT2D eigenvalue weighted by molar-refractivity contribution is 5.93. The summed E-state index contributed by atoms with van der Waals surface area (Å²) in [6.07, 6.45) is 14.9. The quantitative estimate of drug-likeness (QED) is 0.381. The molecule has 0 aromatic carbocycles. The van der Waals surface area contributed by atoms with Crippen LogP contribution in [0.2, 0.25) is 0 Å². The van der Waals surface area contributed by atoms with Crippen LogP contribution in [0, 0.1) is 0 Å². The molecule has 0 heterocycles. The van der Waals surface area contributed by atoms with Crippen molar-refractivity contribution in [3.63, 3.8) is 0 Å². The Labute approximate surface area is 113 Å². The highest BCUT2D eigenvalue weighted by atomic mass is 16.1. The zero-order valence-electron chi connectivity index (χ0n) is 12.2. The Morgan fingerprint density at radius 1 is 0.833 bits per heavy atom. The number of carbonyl (C=O) groups excluding carboxylic acids is 1. The van der Waals surface area contributed by atoms with E-state index in [4.69, 9.17) is 5.73 Å². The topological polar surface area (TPSA) is 43.1 Å². The first kappa shape index (κ1) is 17.2. The third kappa shape index (κ3) is 11.7. The monoisotopic (exact) mass is 253 g/mol. The lowest BCUT2D eigenvalue weighted by Crippen LogP contribution is -2.08. The van der Waals surface area contributed by atoms with Crippen LogP contribution in [0.5, 0.6) is 0 Å². The molecule has 18 heavy (non-hydrogen) atoms. The summed E-state index contributed by atoms with van der Waals surface area (Å²) in [6, 6.07) is 0. The Hall–Kier alpha value is -0.790. The van der Waals surface area contributed by atoms with Gasteiger partial charge in [-0.1, -0.05) is 77.7 Å². The minimum Gasteiger partial charge on any atom is -0.396 e. The van der Waals surface area contributed by atoms with Crippen LogP contribution in [-0.2, 0) is 4.79 Å². The third-order valence-corrected chi connectivity index (χ3v) is 3.37. The lowest BCUT2D eigenvalue weighted by atomic mass is 10.0. The van der Waals surface area contributed by atoms with E-state index in [9.17, 15) is 4.79 Å². The maximum absolute atomic E-state index is 11.2. The first-order chi connectivity index (χ1) is 8.68. The van der Waals surface area contributed by atoms with E-state index in [-0.39, 0.29) is 11.5 Å². The average Bonchev–Trinajstić information content (AvgIpc) is 2.35. The van der Waals surface area contributed by atoms with Crippen molar-refractivity contribution < 1.29 is 4.79 Å². The van der Waals surface area contributed by atoms with Crippen molar-refractivity contribution in [2.24, 2.45) is 5.73 Å². The molecule has 106 valence electrons. The Bertz CT molecular complexity index is 223. The van der Waals surface area contributed by atoms with Gasteiger partial charge < -0.3 is 5.73 Å². The molecule has 2 heteroatoms. The minimum atomic E-state index is 0.0194. The van der Waals surface area contributed by atoms with Gasteiger partial charge in [-0.3, -0.25) is 4.79 Å². The highest BCUT2D eigenvalue weighted by Gasteiger charge is 2.01. The van der Waals surface area contributed by atoms with E-state index in [0.717, 1.165) is 12.8 Å². The zero-order valence-corrected chi connectivity index (χ0v) is 12.2. The van der Waals surface area contributed by atoms with Gasteiger partial charge in [0.05, 0.1) is 5.70 Å². The van der Waals surface area contributed by atoms with Gasteiger partial charge in [0.15, 0.2) is 5.78 Å². The number of nitrogens with two attached hydrogens (primary N) is 1. The molecular weight excluding hydrogens is 222 g/mol. The Balaban J connectivity index is 3.07. The lowest BCUT2D eigenvalue weighted by molar-refractivity contribution is -0.115. The summed E-state index contributed by atoms with van der Waals surface area (Å²) in [5, 5.41) is 0. The highest BCUT2D eigenvalue weighted by Crippen LogP contribution is 2.12. The third-order valence-electron chi connectivity index (χ3n) is 3.37. The average molecular weight is 253 g/mol. The molecule has 0 rings (SSSR count). The molecule has 0 unspecified atom stereocenters. The van der Waals surface area contributed by atoms with E-state index in [1.165, 1.54) is 57.8 Å². The second-order valence-electron chi connectivity index (χ2n) is 5.23. The predicted octanol–water partition coefficient (Wildman–Crippen LogP) is 4.73. The molecule has 0 fully saturated rings. The molecule has 0 saturated heterocycles. The minimum absolute atomic E-state index is 0.0194. The van der Waals surface area contributed by atoms with Crippen molar-refractivity contribution in [3.05, 3.63) is 12.3 Å². The van der Waals surface area contributed by atoms with Crippen LogP contribution in [0.1, 0.15) is 84.0 Å². The molecule has 0 atom stereocenters. The van der Waals surface area contributed by atoms with E-state index in [1.807, 2.05) is 0 Å². The van der Waals surface area contributed by atoms with Crippen LogP contribution in [0.3, 0.4) is 0 Å². The van der Waals surface area contributed by atoms with E-state index >= 15 is 0 Å². The Kier molecular flexibility index (Phi) is 12.1. The molecule has 0 aliphatic rings. The number of hydrogen-bond acceptors (Lipinski definition) is 2. The first-order valence-electron chi connectivity index (χ1n) is 7.66. The fraction of sp³-hybridized carbons (Fsp3) is 0.812. The van der Waals surface area contributed by atoms with E-state index in [0.29, 0.717) is 6.42 Å². The molecule has 2 N–H and O–H groups in total. The molecule has 0 spiro atoms. The van der Waals surface area contributed by atoms with E-state index in [2.05, 4.69) is 13.5 Å². The van der Waals surface area contributed by atoms with Crippen LogP contribution in [0.4, 0.5) is 0 Å². The fourth-order valence-corrected chi connectivity index (χ4v) is 2.11. The van der Waals surface area contributed by atoms with Crippen LogP contribution in [0.25, 0.3) is 0 Å². The van der Waals surface area contributed by atoms with Gasteiger partial charge in [0.2, 0.25) is 0 Å². The van der Waals surface area contributed by atoms with Crippen molar-refractivity contribution >= 4 is 5.78 Å². The number of unbranched alkanes of at least 4 members (excludes halogenated alkanes) is 10. The van der Waals surface area contributed by atoms with Crippen molar-refractivity contribution in [1.29, 1.82) is 0 Å². The number of allylic oxidation sites excluding steroid dienone is 1. The van der Waals surface area contributed by atoms with Crippen LogP contribution in [0.15, 0.2) is 12.3 Å². The zero-order chi connectivity index (χ0) is 13.6.